The summed E-state index contributed by atoms with van der Waals surface area (Å²) < 4.78 is 0. The smallest absolute Gasteiger partial charge is 0.0478 e. The molecule has 4 heteroatoms. The van der Waals surface area contributed by atoms with Crippen molar-refractivity contribution in [3.05, 3.63) is 0 Å². The molecule has 52 valence electrons. The highest BCUT2D eigenvalue weighted by Gasteiger charge is 2.40. The molecule has 9 heavy (non-hydrogen) atoms. The molecule has 0 aromatic rings. The third kappa shape index (κ3) is 0.679. The summed E-state index contributed by atoms with van der Waals surface area (Å²) in [6, 6.07) is 0. The van der Waals surface area contributed by atoms with Crippen molar-refractivity contribution in [1.82, 2.24) is 20.9 Å². The molecule has 0 atom stereocenters. The van der Waals surface area contributed by atoms with Gasteiger partial charge >= 0.3 is 0 Å². The van der Waals surface area contributed by atoms with Gasteiger partial charge in [0.25, 0.3) is 0 Å². The van der Waals surface area contributed by atoms with Crippen LogP contribution in [0.3, 0.4) is 0 Å². The van der Waals surface area contributed by atoms with E-state index in [1.54, 1.807) is 0 Å². The molecule has 0 bridgehead atoms. The van der Waals surface area contributed by atoms with Crippen LogP contribution in [-0.4, -0.2) is 35.0 Å². The molecule has 0 amide bonds. The van der Waals surface area contributed by atoms with Crippen molar-refractivity contribution in [2.75, 3.05) is 19.6 Å². The van der Waals surface area contributed by atoms with Crippen LogP contribution in [0.15, 0.2) is 0 Å². The van der Waals surface area contributed by atoms with Gasteiger partial charge in [0.15, 0.2) is 0 Å². The first kappa shape index (κ1) is 5.61. The average molecular weight is 128 g/mol. The van der Waals surface area contributed by atoms with Crippen LogP contribution >= 0.6 is 0 Å². The van der Waals surface area contributed by atoms with E-state index >= 15 is 0 Å². The molecular formula is C5H12N4. The molecular weight excluding hydrogens is 116 g/mol. The van der Waals surface area contributed by atoms with Gasteiger partial charge < -0.3 is 0 Å². The number of hydrogen-bond acceptors (Lipinski definition) is 4. The monoisotopic (exact) mass is 128 g/mol. The standard InChI is InChI=1S/C5H12N4/c1-2-3-7-6-8-4-5-9(7)8/h6H,2-5H2,1H3. The second-order valence-electron chi connectivity index (χ2n) is 2.44. The Morgan fingerprint density at radius 3 is 2.67 bits per heavy atom. The zero-order valence-corrected chi connectivity index (χ0v) is 5.67. The van der Waals surface area contributed by atoms with Crippen LogP contribution < -0.4 is 5.53 Å². The van der Waals surface area contributed by atoms with Gasteiger partial charge in [-0.2, -0.15) is 5.53 Å². The van der Waals surface area contributed by atoms with Gasteiger partial charge in [-0.25, -0.2) is 0 Å². The largest absolute Gasteiger partial charge is 0.158 e. The van der Waals surface area contributed by atoms with Crippen LogP contribution in [0.25, 0.3) is 0 Å². The summed E-state index contributed by atoms with van der Waals surface area (Å²) in [6.45, 7) is 5.66. The van der Waals surface area contributed by atoms with E-state index in [9.17, 15) is 0 Å². The Morgan fingerprint density at radius 1 is 1.44 bits per heavy atom. The molecule has 0 aromatic heterocycles. The summed E-state index contributed by atoms with van der Waals surface area (Å²) in [5, 5.41) is 6.46. The molecule has 2 fully saturated rings. The van der Waals surface area contributed by atoms with Gasteiger partial charge in [0.1, 0.15) is 0 Å². The zero-order valence-electron chi connectivity index (χ0n) is 5.67. The predicted octanol–water partition coefficient (Wildman–Crippen LogP) is -0.421. The third-order valence-corrected chi connectivity index (χ3v) is 1.74. The average Bonchev–Trinajstić information content (AvgIpc) is 1.82. The Bertz CT molecular complexity index is 114. The molecule has 0 spiro atoms. The van der Waals surface area contributed by atoms with Crippen molar-refractivity contribution in [2.45, 2.75) is 13.3 Å². The lowest BCUT2D eigenvalue weighted by Gasteiger charge is -2.59. The number of rotatable bonds is 2. The molecule has 4 nitrogen and oxygen atoms in total. The Morgan fingerprint density at radius 2 is 2.33 bits per heavy atom. The maximum Gasteiger partial charge on any atom is 0.0478 e. The summed E-state index contributed by atoms with van der Waals surface area (Å²) in [4.78, 5) is 0. The lowest BCUT2D eigenvalue weighted by atomic mass is 10.4. The predicted molar refractivity (Wildman–Crippen MR) is 33.5 cm³/mol. The minimum absolute atomic E-state index is 1.12. The topological polar surface area (TPSA) is 21.8 Å². The van der Waals surface area contributed by atoms with Crippen molar-refractivity contribution >= 4 is 0 Å². The second kappa shape index (κ2) is 1.91. The van der Waals surface area contributed by atoms with Crippen LogP contribution in [0.2, 0.25) is 0 Å². The van der Waals surface area contributed by atoms with E-state index < -0.39 is 0 Å². The van der Waals surface area contributed by atoms with Crippen LogP contribution in [0.5, 0.6) is 0 Å². The van der Waals surface area contributed by atoms with E-state index in [4.69, 9.17) is 0 Å². The highest BCUT2D eigenvalue weighted by molar-refractivity contribution is 4.69. The normalized spacial score (nSPS) is 29.0. The van der Waals surface area contributed by atoms with E-state index in [2.05, 4.69) is 27.8 Å². The van der Waals surface area contributed by atoms with Gasteiger partial charge in [0.05, 0.1) is 0 Å². The molecule has 2 heterocycles. The minimum Gasteiger partial charge on any atom is -0.158 e. The molecule has 2 rings (SSSR count). The summed E-state index contributed by atoms with van der Waals surface area (Å²) in [6.07, 6.45) is 1.21. The summed E-state index contributed by atoms with van der Waals surface area (Å²) in [5.74, 6) is 0. The molecule has 0 aliphatic carbocycles. The molecule has 0 aromatic carbocycles. The van der Waals surface area contributed by atoms with Gasteiger partial charge in [-0.15, -0.1) is 15.4 Å². The SMILES string of the molecule is CCCN1NN2CCN12. The van der Waals surface area contributed by atoms with E-state index in [1.165, 1.54) is 19.5 Å². The fourth-order valence-electron chi connectivity index (χ4n) is 1.17. The van der Waals surface area contributed by atoms with Crippen molar-refractivity contribution in [2.24, 2.45) is 0 Å². The van der Waals surface area contributed by atoms with Crippen molar-refractivity contribution in [3.63, 3.8) is 0 Å². The Labute approximate surface area is 54.9 Å². The first-order chi connectivity index (χ1) is 4.42. The van der Waals surface area contributed by atoms with Gasteiger partial charge in [-0.05, 0) is 6.42 Å². The zero-order chi connectivity index (χ0) is 6.27. The lowest BCUT2D eigenvalue weighted by Crippen LogP contribution is -2.84. The van der Waals surface area contributed by atoms with Gasteiger partial charge in [-0.1, -0.05) is 6.92 Å². The van der Waals surface area contributed by atoms with Crippen molar-refractivity contribution in [1.29, 1.82) is 0 Å². The van der Waals surface area contributed by atoms with Crippen LogP contribution in [0, 0.1) is 0 Å². The van der Waals surface area contributed by atoms with Crippen molar-refractivity contribution in [3.8, 4) is 0 Å². The minimum atomic E-state index is 1.12. The number of nitrogens with one attached hydrogen (secondary N) is 1. The van der Waals surface area contributed by atoms with E-state index in [1.807, 2.05) is 0 Å². The van der Waals surface area contributed by atoms with Gasteiger partial charge in [-0.3, -0.25) is 0 Å². The summed E-state index contributed by atoms with van der Waals surface area (Å²) >= 11 is 0. The van der Waals surface area contributed by atoms with E-state index in [0.29, 0.717) is 0 Å². The first-order valence-corrected chi connectivity index (χ1v) is 3.50. The van der Waals surface area contributed by atoms with Crippen LogP contribution in [0.1, 0.15) is 13.3 Å². The lowest BCUT2D eigenvalue weighted by molar-refractivity contribution is -0.434. The van der Waals surface area contributed by atoms with E-state index in [0.717, 1.165) is 6.54 Å². The molecule has 0 radical (unpaired) electrons. The number of hydrazine groups is 4. The highest BCUT2D eigenvalue weighted by atomic mass is 16.2. The molecule has 0 saturated carbocycles. The molecule has 2 saturated heterocycles. The maximum atomic E-state index is 3.17. The summed E-state index contributed by atoms with van der Waals surface area (Å²) in [7, 11) is 0. The van der Waals surface area contributed by atoms with Gasteiger partial charge in [0, 0.05) is 19.6 Å². The van der Waals surface area contributed by atoms with Gasteiger partial charge in [0.2, 0.25) is 0 Å². The first-order valence-electron chi connectivity index (χ1n) is 3.50. The second-order valence-corrected chi connectivity index (χ2v) is 2.44. The number of hydrogen-bond donors (Lipinski definition) is 1. The van der Waals surface area contributed by atoms with Crippen LogP contribution in [-0.2, 0) is 0 Å². The Balaban J connectivity index is 1.77. The van der Waals surface area contributed by atoms with Crippen LogP contribution in [0.4, 0.5) is 0 Å². The third-order valence-electron chi connectivity index (χ3n) is 1.74. The molecule has 2 aliphatic rings. The fraction of sp³-hybridized carbons (Fsp3) is 1.00. The van der Waals surface area contributed by atoms with E-state index in [-0.39, 0.29) is 0 Å². The Hall–Kier alpha value is -0.160. The Kier molecular flexibility index (Phi) is 1.19. The quantitative estimate of drug-likeness (QED) is 0.545. The number of nitrogens with zero attached hydrogens (tertiary/aromatic N) is 3. The fourth-order valence-corrected chi connectivity index (χ4v) is 1.17. The van der Waals surface area contributed by atoms with Crippen molar-refractivity contribution < 1.29 is 0 Å². The molecule has 2 aliphatic heterocycles. The highest BCUT2D eigenvalue weighted by Crippen LogP contribution is 2.17. The number of fused-ring (bicyclic) bond motifs is 1. The molecule has 1 N–H and O–H groups in total. The maximum absolute atomic E-state index is 3.17. The summed E-state index contributed by atoms with van der Waals surface area (Å²) in [5.41, 5.74) is 3.17. The molecule has 0 unspecified atom stereocenters.